The molecule has 0 atom stereocenters. The Morgan fingerprint density at radius 3 is 2.33 bits per heavy atom. The first-order valence-electron chi connectivity index (χ1n) is 8.95. The van der Waals surface area contributed by atoms with E-state index >= 15 is 0 Å². The minimum Gasteiger partial charge on any atom is -0.481 e. The van der Waals surface area contributed by atoms with Crippen LogP contribution in [0.25, 0.3) is 0 Å². The molecule has 2 N–H and O–H groups in total. The van der Waals surface area contributed by atoms with E-state index in [0.29, 0.717) is 31.6 Å². The lowest BCUT2D eigenvalue weighted by atomic mass is 9.80. The number of thioether (sulfide) groups is 1. The molecule has 1 saturated heterocycles. The molecule has 6 heteroatoms. The molecule has 0 bridgehead atoms. The van der Waals surface area contributed by atoms with Crippen molar-refractivity contribution < 1.29 is 19.4 Å². The van der Waals surface area contributed by atoms with Gasteiger partial charge >= 0.3 is 5.97 Å². The van der Waals surface area contributed by atoms with Crippen molar-refractivity contribution in [2.24, 2.45) is 5.41 Å². The van der Waals surface area contributed by atoms with Crippen molar-refractivity contribution in [3.63, 3.8) is 0 Å². The number of nitrogens with one attached hydrogen (secondary N) is 1. The predicted molar refractivity (Wildman–Crippen MR) is 105 cm³/mol. The lowest BCUT2D eigenvalue weighted by Crippen LogP contribution is -2.46. The average molecular weight is 385 g/mol. The zero-order chi connectivity index (χ0) is 19.1. The fraction of sp³-hybridized carbons (Fsp3) is 0.333. The Bertz CT molecular complexity index is 771. The third-order valence-corrected chi connectivity index (χ3v) is 5.94. The van der Waals surface area contributed by atoms with Crippen LogP contribution in [0.15, 0.2) is 59.5 Å². The number of hydrogen-bond acceptors (Lipinski definition) is 4. The molecule has 0 saturated carbocycles. The number of aliphatic carboxylic acids is 1. The molecule has 2 aromatic rings. The first kappa shape index (κ1) is 19.5. The molecule has 0 aromatic heterocycles. The van der Waals surface area contributed by atoms with E-state index in [1.54, 1.807) is 23.9 Å². The quantitative estimate of drug-likeness (QED) is 0.713. The van der Waals surface area contributed by atoms with Gasteiger partial charge in [-0.05, 0) is 42.7 Å². The van der Waals surface area contributed by atoms with Gasteiger partial charge < -0.3 is 15.2 Å². The Balaban J connectivity index is 1.54. The summed E-state index contributed by atoms with van der Waals surface area (Å²) in [6.07, 6.45) is 0.830. The highest BCUT2D eigenvalue weighted by Crippen LogP contribution is 2.30. The third-order valence-electron chi connectivity index (χ3n) is 4.86. The number of ether oxygens (including phenoxy) is 1. The molecule has 1 amide bonds. The van der Waals surface area contributed by atoms with E-state index in [1.807, 2.05) is 30.3 Å². The van der Waals surface area contributed by atoms with Crippen LogP contribution in [0.2, 0.25) is 0 Å². The van der Waals surface area contributed by atoms with Gasteiger partial charge in [0.2, 0.25) is 0 Å². The minimum atomic E-state index is -0.930. The van der Waals surface area contributed by atoms with Crippen LogP contribution >= 0.6 is 11.8 Å². The van der Waals surface area contributed by atoms with Crippen LogP contribution in [0.5, 0.6) is 0 Å². The second-order valence-corrected chi connectivity index (χ2v) is 7.73. The van der Waals surface area contributed by atoms with Gasteiger partial charge in [-0.3, -0.25) is 9.59 Å². The molecule has 3 rings (SSSR count). The molecule has 1 aliphatic rings. The summed E-state index contributed by atoms with van der Waals surface area (Å²) in [7, 11) is 0. The van der Waals surface area contributed by atoms with E-state index < -0.39 is 11.4 Å². The predicted octanol–water partition coefficient (Wildman–Crippen LogP) is 3.59. The molecule has 0 aliphatic carbocycles. The average Bonchev–Trinajstić information content (AvgIpc) is 2.72. The maximum absolute atomic E-state index is 12.4. The van der Waals surface area contributed by atoms with E-state index in [2.05, 4.69) is 17.4 Å². The Kier molecular flexibility index (Phi) is 6.53. The van der Waals surface area contributed by atoms with Crippen molar-refractivity contribution in [2.75, 3.05) is 19.8 Å². The molecule has 0 radical (unpaired) electrons. The first-order valence-corrected chi connectivity index (χ1v) is 9.94. The summed E-state index contributed by atoms with van der Waals surface area (Å²) >= 11 is 1.74. The molecular formula is C21H23NO4S. The van der Waals surface area contributed by atoms with E-state index in [-0.39, 0.29) is 12.5 Å². The summed E-state index contributed by atoms with van der Waals surface area (Å²) in [5.74, 6) is -0.294. The zero-order valence-electron chi connectivity index (χ0n) is 15.0. The van der Waals surface area contributed by atoms with Crippen molar-refractivity contribution in [2.45, 2.75) is 23.5 Å². The van der Waals surface area contributed by atoms with Crippen LogP contribution in [-0.2, 0) is 15.3 Å². The second kappa shape index (κ2) is 9.06. The summed E-state index contributed by atoms with van der Waals surface area (Å²) in [5.41, 5.74) is 0.739. The topological polar surface area (TPSA) is 75.6 Å². The molecule has 1 fully saturated rings. The first-order chi connectivity index (χ1) is 13.1. The van der Waals surface area contributed by atoms with Gasteiger partial charge in [-0.2, -0.15) is 0 Å². The van der Waals surface area contributed by atoms with Gasteiger partial charge in [0.05, 0.1) is 5.41 Å². The van der Waals surface area contributed by atoms with Crippen molar-refractivity contribution in [3.8, 4) is 0 Å². The fourth-order valence-electron chi connectivity index (χ4n) is 3.02. The fourth-order valence-corrected chi connectivity index (χ4v) is 3.89. The van der Waals surface area contributed by atoms with Crippen molar-refractivity contribution in [3.05, 3.63) is 65.7 Å². The highest BCUT2D eigenvalue weighted by molar-refractivity contribution is 7.98. The van der Waals surface area contributed by atoms with Crippen LogP contribution < -0.4 is 5.32 Å². The third kappa shape index (κ3) is 5.11. The summed E-state index contributed by atoms with van der Waals surface area (Å²) in [6.45, 7) is 0.946. The van der Waals surface area contributed by atoms with Gasteiger partial charge in [0.25, 0.3) is 5.91 Å². The van der Waals surface area contributed by atoms with Crippen molar-refractivity contribution >= 4 is 23.6 Å². The van der Waals surface area contributed by atoms with E-state index in [9.17, 15) is 14.7 Å². The molecule has 27 heavy (non-hydrogen) atoms. The molecule has 0 spiro atoms. The lowest BCUT2D eigenvalue weighted by molar-refractivity contribution is -0.154. The molecule has 2 aromatic carbocycles. The number of amides is 1. The highest BCUT2D eigenvalue weighted by atomic mass is 32.2. The standard InChI is InChI=1S/C21H23NO4S/c23-19(22-15-21(20(24)25)10-12-26-13-11-21)17-8-6-16(7-9-17)14-27-18-4-2-1-3-5-18/h1-9H,10-15H2,(H,22,23)(H,24,25). The van der Waals surface area contributed by atoms with Crippen LogP contribution in [0.4, 0.5) is 0 Å². The Labute approximate surface area is 163 Å². The Morgan fingerprint density at radius 2 is 1.70 bits per heavy atom. The summed E-state index contributed by atoms with van der Waals surface area (Å²) in [4.78, 5) is 25.3. The maximum Gasteiger partial charge on any atom is 0.311 e. The van der Waals surface area contributed by atoms with Gasteiger partial charge in [-0.25, -0.2) is 0 Å². The molecule has 5 nitrogen and oxygen atoms in total. The smallest absolute Gasteiger partial charge is 0.311 e. The summed E-state index contributed by atoms with van der Waals surface area (Å²) in [5, 5.41) is 12.3. The van der Waals surface area contributed by atoms with Gasteiger partial charge in [-0.1, -0.05) is 30.3 Å². The Morgan fingerprint density at radius 1 is 1.04 bits per heavy atom. The van der Waals surface area contributed by atoms with Gasteiger partial charge in [-0.15, -0.1) is 11.8 Å². The molecule has 1 aliphatic heterocycles. The minimum absolute atomic E-state index is 0.121. The number of carbonyl (C=O) groups is 2. The number of rotatable bonds is 7. The van der Waals surface area contributed by atoms with E-state index in [4.69, 9.17) is 4.74 Å². The Hall–Kier alpha value is -2.31. The number of carboxylic acid groups (broad SMARTS) is 1. The number of hydrogen-bond donors (Lipinski definition) is 2. The van der Waals surface area contributed by atoms with Crippen LogP contribution in [-0.4, -0.2) is 36.7 Å². The summed E-state index contributed by atoms with van der Waals surface area (Å²) in [6, 6.07) is 17.6. The lowest BCUT2D eigenvalue weighted by Gasteiger charge is -2.33. The van der Waals surface area contributed by atoms with Gasteiger partial charge in [0.15, 0.2) is 0 Å². The zero-order valence-corrected chi connectivity index (χ0v) is 15.8. The van der Waals surface area contributed by atoms with Crippen molar-refractivity contribution in [1.82, 2.24) is 5.32 Å². The number of carboxylic acids is 1. The molecule has 1 heterocycles. The molecule has 0 unspecified atom stereocenters. The normalized spacial score (nSPS) is 15.9. The van der Waals surface area contributed by atoms with Gasteiger partial charge in [0.1, 0.15) is 0 Å². The monoisotopic (exact) mass is 385 g/mol. The largest absolute Gasteiger partial charge is 0.481 e. The van der Waals surface area contributed by atoms with Crippen LogP contribution in [0.3, 0.4) is 0 Å². The van der Waals surface area contributed by atoms with Crippen molar-refractivity contribution in [1.29, 1.82) is 0 Å². The molecule has 142 valence electrons. The van der Waals surface area contributed by atoms with Crippen LogP contribution in [0.1, 0.15) is 28.8 Å². The SMILES string of the molecule is O=C(NCC1(C(=O)O)CCOCC1)c1ccc(CSc2ccccc2)cc1. The van der Waals surface area contributed by atoms with Crippen LogP contribution in [0, 0.1) is 5.41 Å². The maximum atomic E-state index is 12.4. The highest BCUT2D eigenvalue weighted by Gasteiger charge is 2.40. The van der Waals surface area contributed by atoms with E-state index in [0.717, 1.165) is 11.3 Å². The van der Waals surface area contributed by atoms with E-state index in [1.165, 1.54) is 4.90 Å². The van der Waals surface area contributed by atoms with Gasteiger partial charge in [0, 0.05) is 36.0 Å². The number of carbonyl (C=O) groups excluding carboxylic acids is 1. The molecular weight excluding hydrogens is 362 g/mol. The summed E-state index contributed by atoms with van der Waals surface area (Å²) < 4.78 is 5.26. The number of benzene rings is 2. The second-order valence-electron chi connectivity index (χ2n) is 6.68.